The summed E-state index contributed by atoms with van der Waals surface area (Å²) in [6.45, 7) is 10.0. The first-order valence-corrected chi connectivity index (χ1v) is 13.0. The van der Waals surface area contributed by atoms with Crippen molar-refractivity contribution in [1.29, 1.82) is 0 Å². The summed E-state index contributed by atoms with van der Waals surface area (Å²) in [7, 11) is -4.18. The summed E-state index contributed by atoms with van der Waals surface area (Å²) >= 11 is 0. The normalized spacial score (nSPS) is 12.0. The standard InChI is InChI=1S/C24H41NO4S/c1-6-7-8-9-10-11-12-13-14-15-22(26)21-17-16-20(18(2)3)24(23(21)19(4)5)29-30(25,27)28/h16-19H,6-15H2,1-5H3,(H2,25,27,28). The van der Waals surface area contributed by atoms with E-state index in [1.54, 1.807) is 6.07 Å². The van der Waals surface area contributed by atoms with Gasteiger partial charge in [0, 0.05) is 17.5 Å². The molecule has 30 heavy (non-hydrogen) atoms. The molecule has 0 bridgehead atoms. The maximum Gasteiger partial charge on any atom is 0.380 e. The largest absolute Gasteiger partial charge is 0.380 e. The number of nitrogens with two attached hydrogens (primary N) is 1. The predicted octanol–water partition coefficient (Wildman–Crippen LogP) is 6.62. The third-order valence-electron chi connectivity index (χ3n) is 5.43. The number of unbranched alkanes of at least 4 members (excludes halogenated alkanes) is 8. The van der Waals surface area contributed by atoms with Crippen molar-refractivity contribution < 1.29 is 17.4 Å². The molecule has 0 saturated carbocycles. The van der Waals surface area contributed by atoms with E-state index in [-0.39, 0.29) is 23.4 Å². The van der Waals surface area contributed by atoms with Crippen LogP contribution in [-0.4, -0.2) is 14.2 Å². The van der Waals surface area contributed by atoms with Gasteiger partial charge >= 0.3 is 10.3 Å². The monoisotopic (exact) mass is 439 g/mol. The van der Waals surface area contributed by atoms with Gasteiger partial charge in [-0.2, -0.15) is 13.6 Å². The fourth-order valence-electron chi connectivity index (χ4n) is 3.83. The summed E-state index contributed by atoms with van der Waals surface area (Å²) in [6, 6.07) is 3.61. The molecule has 1 rings (SSSR count). The summed E-state index contributed by atoms with van der Waals surface area (Å²) in [5, 5.41) is 5.16. The van der Waals surface area contributed by atoms with E-state index in [4.69, 9.17) is 9.32 Å². The molecule has 0 radical (unpaired) electrons. The Kier molecular flexibility index (Phi) is 11.6. The highest BCUT2D eigenvalue weighted by atomic mass is 32.2. The molecule has 6 heteroatoms. The molecule has 0 aliphatic heterocycles. The van der Waals surface area contributed by atoms with Crippen molar-refractivity contribution in [2.45, 2.75) is 111 Å². The lowest BCUT2D eigenvalue weighted by atomic mass is 9.87. The number of benzene rings is 1. The molecule has 0 spiro atoms. The third kappa shape index (κ3) is 9.17. The van der Waals surface area contributed by atoms with E-state index >= 15 is 0 Å². The van der Waals surface area contributed by atoms with Crippen molar-refractivity contribution in [2.24, 2.45) is 5.14 Å². The molecule has 0 heterocycles. The van der Waals surface area contributed by atoms with E-state index in [0.717, 1.165) is 24.8 Å². The highest BCUT2D eigenvalue weighted by Gasteiger charge is 2.25. The first-order valence-electron chi connectivity index (χ1n) is 11.5. The van der Waals surface area contributed by atoms with Crippen LogP contribution in [0.5, 0.6) is 5.75 Å². The van der Waals surface area contributed by atoms with Crippen LogP contribution in [0.3, 0.4) is 0 Å². The lowest BCUT2D eigenvalue weighted by molar-refractivity contribution is 0.0977. The molecule has 0 atom stereocenters. The average molecular weight is 440 g/mol. The highest BCUT2D eigenvalue weighted by molar-refractivity contribution is 7.84. The van der Waals surface area contributed by atoms with Gasteiger partial charge in [0.15, 0.2) is 11.5 Å². The number of hydrogen-bond donors (Lipinski definition) is 1. The van der Waals surface area contributed by atoms with Crippen LogP contribution in [0.1, 0.15) is 132 Å². The molecular weight excluding hydrogens is 398 g/mol. The van der Waals surface area contributed by atoms with E-state index in [1.165, 1.54) is 38.5 Å². The topological polar surface area (TPSA) is 86.5 Å². The van der Waals surface area contributed by atoms with Gasteiger partial charge in [0.25, 0.3) is 0 Å². The Balaban J connectivity index is 2.83. The van der Waals surface area contributed by atoms with E-state index in [0.29, 0.717) is 17.5 Å². The Morgan fingerprint density at radius 1 is 0.900 bits per heavy atom. The second kappa shape index (κ2) is 13.1. The van der Waals surface area contributed by atoms with Gasteiger partial charge in [-0.1, -0.05) is 98.1 Å². The number of rotatable bonds is 15. The fraction of sp³-hybridized carbons (Fsp3) is 0.708. The smallest absolute Gasteiger partial charge is 0.370 e. The van der Waals surface area contributed by atoms with Gasteiger partial charge in [0.1, 0.15) is 0 Å². The Labute approximate surface area is 184 Å². The lowest BCUT2D eigenvalue weighted by Crippen LogP contribution is -2.22. The van der Waals surface area contributed by atoms with Crippen LogP contribution in [0.25, 0.3) is 0 Å². The molecule has 1 aromatic rings. The van der Waals surface area contributed by atoms with Crippen LogP contribution in [0.4, 0.5) is 0 Å². The first-order chi connectivity index (χ1) is 14.1. The van der Waals surface area contributed by atoms with Crippen LogP contribution in [-0.2, 0) is 10.3 Å². The summed E-state index contributed by atoms with van der Waals surface area (Å²) in [6.07, 6.45) is 11.2. The van der Waals surface area contributed by atoms with Crippen LogP contribution in [0.15, 0.2) is 12.1 Å². The van der Waals surface area contributed by atoms with Gasteiger partial charge < -0.3 is 4.18 Å². The minimum absolute atomic E-state index is 0.0382. The lowest BCUT2D eigenvalue weighted by Gasteiger charge is -2.21. The van der Waals surface area contributed by atoms with E-state index < -0.39 is 10.3 Å². The second-order valence-electron chi connectivity index (χ2n) is 8.83. The Morgan fingerprint density at radius 3 is 1.90 bits per heavy atom. The molecule has 5 nitrogen and oxygen atoms in total. The van der Waals surface area contributed by atoms with Crippen molar-refractivity contribution in [3.63, 3.8) is 0 Å². The van der Waals surface area contributed by atoms with Crippen molar-refractivity contribution in [3.8, 4) is 5.75 Å². The van der Waals surface area contributed by atoms with Crippen LogP contribution < -0.4 is 9.32 Å². The number of carbonyl (C=O) groups excluding carboxylic acids is 1. The number of hydrogen-bond acceptors (Lipinski definition) is 4. The zero-order valence-corrected chi connectivity index (χ0v) is 20.3. The van der Waals surface area contributed by atoms with E-state index in [1.807, 2.05) is 33.8 Å². The summed E-state index contributed by atoms with van der Waals surface area (Å²) < 4.78 is 28.5. The summed E-state index contributed by atoms with van der Waals surface area (Å²) in [4.78, 5) is 12.9. The Hall–Kier alpha value is -1.40. The minimum atomic E-state index is -4.18. The molecule has 0 aliphatic rings. The van der Waals surface area contributed by atoms with E-state index in [2.05, 4.69) is 6.92 Å². The summed E-state index contributed by atoms with van der Waals surface area (Å²) in [5.41, 5.74) is 1.93. The van der Waals surface area contributed by atoms with Gasteiger partial charge in [0.2, 0.25) is 0 Å². The van der Waals surface area contributed by atoms with Crippen LogP contribution in [0.2, 0.25) is 0 Å². The van der Waals surface area contributed by atoms with Crippen molar-refractivity contribution in [1.82, 2.24) is 0 Å². The summed E-state index contributed by atoms with van der Waals surface area (Å²) in [5.74, 6) is 0.236. The molecule has 0 saturated heterocycles. The van der Waals surface area contributed by atoms with Gasteiger partial charge in [-0.25, -0.2) is 0 Å². The quantitative estimate of drug-likeness (QED) is 0.246. The molecule has 0 aromatic heterocycles. The molecule has 2 N–H and O–H groups in total. The maximum absolute atomic E-state index is 12.9. The fourth-order valence-corrected chi connectivity index (χ4v) is 4.25. The van der Waals surface area contributed by atoms with E-state index in [9.17, 15) is 13.2 Å². The van der Waals surface area contributed by atoms with Gasteiger partial charge in [-0.05, 0) is 23.8 Å². The molecule has 0 aliphatic carbocycles. The number of ketones is 1. The molecule has 1 aromatic carbocycles. The molecule has 0 fully saturated rings. The van der Waals surface area contributed by atoms with Gasteiger partial charge in [0.05, 0.1) is 0 Å². The third-order valence-corrected chi connectivity index (χ3v) is 5.83. The SMILES string of the molecule is CCCCCCCCCCCC(=O)c1ccc(C(C)C)c(OS(N)(=O)=O)c1C(C)C. The first kappa shape index (κ1) is 26.6. The number of carbonyl (C=O) groups is 1. The van der Waals surface area contributed by atoms with Crippen LogP contribution >= 0.6 is 0 Å². The Bertz CT molecular complexity index is 770. The zero-order chi connectivity index (χ0) is 22.7. The van der Waals surface area contributed by atoms with Crippen molar-refractivity contribution in [2.75, 3.05) is 0 Å². The Morgan fingerprint density at radius 2 is 1.43 bits per heavy atom. The van der Waals surface area contributed by atoms with Gasteiger partial charge in [-0.3, -0.25) is 4.79 Å². The zero-order valence-electron chi connectivity index (χ0n) is 19.5. The second-order valence-corrected chi connectivity index (χ2v) is 9.98. The number of Topliss-reactive ketones (excluding diaryl/α,β-unsaturated/α-hetero) is 1. The molecular formula is C24H41NO4S. The predicted molar refractivity (Wildman–Crippen MR) is 125 cm³/mol. The molecule has 172 valence electrons. The molecule has 0 unspecified atom stereocenters. The maximum atomic E-state index is 12.9. The molecule has 0 amide bonds. The van der Waals surface area contributed by atoms with Gasteiger partial charge in [-0.15, -0.1) is 0 Å². The minimum Gasteiger partial charge on any atom is -0.370 e. The van der Waals surface area contributed by atoms with Crippen LogP contribution in [0, 0.1) is 0 Å². The highest BCUT2D eigenvalue weighted by Crippen LogP contribution is 2.38. The van der Waals surface area contributed by atoms with Crippen molar-refractivity contribution >= 4 is 16.1 Å². The van der Waals surface area contributed by atoms with Crippen molar-refractivity contribution in [3.05, 3.63) is 28.8 Å². The average Bonchev–Trinajstić information content (AvgIpc) is 2.64.